The van der Waals surface area contributed by atoms with E-state index in [4.69, 9.17) is 5.11 Å². The Bertz CT molecular complexity index is 131. The van der Waals surface area contributed by atoms with E-state index >= 15 is 0 Å². The van der Waals surface area contributed by atoms with Gasteiger partial charge in [0.25, 0.3) is 0 Å². The van der Waals surface area contributed by atoms with Crippen molar-refractivity contribution in [3.05, 3.63) is 0 Å². The third-order valence-corrected chi connectivity index (χ3v) is 2.06. The molecule has 9 heavy (non-hydrogen) atoms. The van der Waals surface area contributed by atoms with E-state index in [1.165, 1.54) is 0 Å². The Kier molecular flexibility index (Phi) is 1.68. The highest BCUT2D eigenvalue weighted by molar-refractivity contribution is 7.82. The summed E-state index contributed by atoms with van der Waals surface area (Å²) in [5.41, 5.74) is 0. The van der Waals surface area contributed by atoms with Crippen molar-refractivity contribution in [1.82, 2.24) is 5.32 Å². The number of carboxylic acid groups (broad SMARTS) is 1. The Labute approximate surface area is 58.9 Å². The second kappa shape index (κ2) is 2.19. The first kappa shape index (κ1) is 6.89. The molecule has 0 saturated carbocycles. The SMILES string of the molecule is O=C(O)C1(S)CCCN1. The zero-order valence-corrected chi connectivity index (χ0v) is 5.82. The van der Waals surface area contributed by atoms with Crippen LogP contribution in [0.4, 0.5) is 0 Å². The fraction of sp³-hybridized carbons (Fsp3) is 0.800. The van der Waals surface area contributed by atoms with Gasteiger partial charge >= 0.3 is 5.97 Å². The minimum absolute atomic E-state index is 0.617. The van der Waals surface area contributed by atoms with Crippen molar-refractivity contribution in [1.29, 1.82) is 0 Å². The largest absolute Gasteiger partial charge is 0.479 e. The third-order valence-electron chi connectivity index (χ3n) is 1.49. The monoisotopic (exact) mass is 147 g/mol. The van der Waals surface area contributed by atoms with Crippen LogP contribution in [-0.2, 0) is 4.79 Å². The molecule has 0 aromatic heterocycles. The number of aliphatic carboxylic acids is 1. The molecule has 3 nitrogen and oxygen atoms in total. The molecule has 1 fully saturated rings. The molecule has 1 aliphatic rings. The third kappa shape index (κ3) is 1.19. The molecular formula is C5H9NO2S. The van der Waals surface area contributed by atoms with Crippen LogP contribution < -0.4 is 5.32 Å². The van der Waals surface area contributed by atoms with Crippen LogP contribution in [0.3, 0.4) is 0 Å². The molecule has 0 aromatic carbocycles. The Hall–Kier alpha value is -0.220. The summed E-state index contributed by atoms with van der Waals surface area (Å²) < 4.78 is 0. The van der Waals surface area contributed by atoms with Crippen LogP contribution in [0.25, 0.3) is 0 Å². The number of rotatable bonds is 1. The van der Waals surface area contributed by atoms with Crippen LogP contribution in [0.2, 0.25) is 0 Å². The van der Waals surface area contributed by atoms with Gasteiger partial charge in [-0.2, -0.15) is 0 Å². The first-order chi connectivity index (χ1) is 4.15. The second-order valence-electron chi connectivity index (χ2n) is 2.20. The average Bonchev–Trinajstić information content (AvgIpc) is 2.16. The van der Waals surface area contributed by atoms with Crippen molar-refractivity contribution in [2.45, 2.75) is 17.7 Å². The summed E-state index contributed by atoms with van der Waals surface area (Å²) in [6.45, 7) is 0.760. The standard InChI is InChI=1S/C5H9NO2S/c7-4(8)5(9)2-1-3-6-5/h6,9H,1-3H2,(H,7,8). The highest BCUT2D eigenvalue weighted by Gasteiger charge is 2.36. The molecule has 1 saturated heterocycles. The number of thiol groups is 1. The van der Waals surface area contributed by atoms with Gasteiger partial charge in [0.2, 0.25) is 0 Å². The maximum Gasteiger partial charge on any atom is 0.334 e. The highest BCUT2D eigenvalue weighted by atomic mass is 32.1. The van der Waals surface area contributed by atoms with Gasteiger partial charge in [-0.05, 0) is 19.4 Å². The zero-order chi connectivity index (χ0) is 6.91. The molecule has 1 heterocycles. The number of hydrogen-bond acceptors (Lipinski definition) is 3. The van der Waals surface area contributed by atoms with E-state index in [0.29, 0.717) is 6.42 Å². The lowest BCUT2D eigenvalue weighted by Gasteiger charge is -2.15. The van der Waals surface area contributed by atoms with Crippen molar-refractivity contribution in [2.75, 3.05) is 6.54 Å². The van der Waals surface area contributed by atoms with Gasteiger partial charge in [-0.15, -0.1) is 12.6 Å². The molecule has 2 N–H and O–H groups in total. The fourth-order valence-electron chi connectivity index (χ4n) is 0.910. The minimum atomic E-state index is -0.944. The molecule has 0 aromatic rings. The van der Waals surface area contributed by atoms with Crippen LogP contribution in [0, 0.1) is 0 Å². The Morgan fingerprint density at radius 3 is 2.67 bits per heavy atom. The summed E-state index contributed by atoms with van der Waals surface area (Å²) in [4.78, 5) is 9.44. The number of carbonyl (C=O) groups is 1. The van der Waals surface area contributed by atoms with Gasteiger partial charge in [0.05, 0.1) is 0 Å². The number of hydrogen-bond donors (Lipinski definition) is 3. The van der Waals surface area contributed by atoms with Gasteiger partial charge in [0.1, 0.15) is 0 Å². The van der Waals surface area contributed by atoms with Crippen molar-refractivity contribution in [3.63, 3.8) is 0 Å². The van der Waals surface area contributed by atoms with Gasteiger partial charge in [-0.3, -0.25) is 5.32 Å². The topological polar surface area (TPSA) is 49.3 Å². The molecule has 0 amide bonds. The maximum absolute atomic E-state index is 10.4. The van der Waals surface area contributed by atoms with E-state index in [9.17, 15) is 4.79 Å². The van der Waals surface area contributed by atoms with Crippen LogP contribution in [0.5, 0.6) is 0 Å². The summed E-state index contributed by atoms with van der Waals surface area (Å²) >= 11 is 3.97. The fourth-order valence-corrected chi connectivity index (χ4v) is 1.18. The van der Waals surface area contributed by atoms with Crippen molar-refractivity contribution in [3.8, 4) is 0 Å². The normalized spacial score (nSPS) is 34.8. The lowest BCUT2D eigenvalue weighted by molar-refractivity contribution is -0.140. The van der Waals surface area contributed by atoms with Crippen LogP contribution in [0.1, 0.15) is 12.8 Å². The summed E-state index contributed by atoms with van der Waals surface area (Å²) in [5.74, 6) is -0.872. The Balaban J connectivity index is 2.61. The van der Waals surface area contributed by atoms with Gasteiger partial charge in [-0.1, -0.05) is 0 Å². The van der Waals surface area contributed by atoms with Gasteiger partial charge < -0.3 is 5.11 Å². The molecule has 0 bridgehead atoms. The van der Waals surface area contributed by atoms with Crippen LogP contribution >= 0.6 is 12.6 Å². The molecular weight excluding hydrogens is 138 g/mol. The smallest absolute Gasteiger partial charge is 0.334 e. The van der Waals surface area contributed by atoms with E-state index in [1.807, 2.05) is 0 Å². The van der Waals surface area contributed by atoms with Gasteiger partial charge in [-0.25, -0.2) is 4.79 Å². The zero-order valence-electron chi connectivity index (χ0n) is 4.92. The molecule has 0 spiro atoms. The molecule has 1 aliphatic heterocycles. The second-order valence-corrected chi connectivity index (χ2v) is 2.96. The van der Waals surface area contributed by atoms with Crippen molar-refractivity contribution >= 4 is 18.6 Å². The van der Waals surface area contributed by atoms with E-state index < -0.39 is 10.8 Å². The first-order valence-electron chi connectivity index (χ1n) is 2.86. The molecule has 1 atom stereocenters. The molecule has 4 heteroatoms. The maximum atomic E-state index is 10.4. The molecule has 1 unspecified atom stereocenters. The average molecular weight is 147 g/mol. The molecule has 1 rings (SSSR count). The van der Waals surface area contributed by atoms with Gasteiger partial charge in [0.15, 0.2) is 4.87 Å². The van der Waals surface area contributed by atoms with Gasteiger partial charge in [0, 0.05) is 0 Å². The van der Waals surface area contributed by atoms with Crippen molar-refractivity contribution in [2.24, 2.45) is 0 Å². The summed E-state index contributed by atoms with van der Waals surface area (Å²) in [6.07, 6.45) is 1.52. The quantitative estimate of drug-likeness (QED) is 0.460. The van der Waals surface area contributed by atoms with Crippen molar-refractivity contribution < 1.29 is 9.90 Å². The Morgan fingerprint density at radius 2 is 2.44 bits per heavy atom. The van der Waals surface area contributed by atoms with E-state index in [1.54, 1.807) is 0 Å². The van der Waals surface area contributed by atoms with Crippen LogP contribution in [-0.4, -0.2) is 22.5 Å². The summed E-state index contributed by atoms with van der Waals surface area (Å²) in [7, 11) is 0. The molecule has 52 valence electrons. The lowest BCUT2D eigenvalue weighted by atomic mass is 10.2. The van der Waals surface area contributed by atoms with Crippen LogP contribution in [0.15, 0.2) is 0 Å². The molecule has 0 radical (unpaired) electrons. The summed E-state index contributed by atoms with van der Waals surface area (Å²) in [6, 6.07) is 0. The minimum Gasteiger partial charge on any atom is -0.479 e. The molecule has 0 aliphatic carbocycles. The van der Waals surface area contributed by atoms with E-state index in [0.717, 1.165) is 13.0 Å². The highest BCUT2D eigenvalue weighted by Crippen LogP contribution is 2.22. The summed E-state index contributed by atoms with van der Waals surface area (Å²) in [5, 5.41) is 11.3. The van der Waals surface area contributed by atoms with E-state index in [-0.39, 0.29) is 0 Å². The predicted octanol–water partition coefficient (Wildman–Crippen LogP) is 0.0805. The lowest BCUT2D eigenvalue weighted by Crippen LogP contribution is -2.41. The number of carboxylic acids is 1. The van der Waals surface area contributed by atoms with E-state index in [2.05, 4.69) is 17.9 Å². The predicted molar refractivity (Wildman–Crippen MR) is 36.6 cm³/mol. The first-order valence-corrected chi connectivity index (χ1v) is 3.31. The Morgan fingerprint density at radius 1 is 1.78 bits per heavy atom. The number of nitrogens with one attached hydrogen (secondary N) is 1.